The molecule has 8 aliphatic heterocycles. The number of amides is 2. The van der Waals surface area contributed by atoms with E-state index in [1.54, 1.807) is 71.3 Å². The number of para-hydroxylation sites is 2. The lowest BCUT2D eigenvalue weighted by Crippen LogP contribution is -2.54. The molecule has 4 atom stereocenters. The van der Waals surface area contributed by atoms with Crippen LogP contribution < -0.4 is 45.9 Å². The number of amidine groups is 4. The van der Waals surface area contributed by atoms with Gasteiger partial charge in [0.1, 0.15) is 60.1 Å². The predicted octanol–water partition coefficient (Wildman–Crippen LogP) is 10.8. The number of piperazine rings is 4. The van der Waals surface area contributed by atoms with Crippen LogP contribution in [0.15, 0.2) is 241 Å². The maximum Gasteiger partial charge on any atom is 0.322 e. The molecule has 0 spiro atoms. The zero-order valence-corrected chi connectivity index (χ0v) is 80.0. The van der Waals surface area contributed by atoms with Gasteiger partial charge in [-0.3, -0.25) is 29.0 Å². The van der Waals surface area contributed by atoms with Crippen LogP contribution >= 0.6 is 47.0 Å². The molecule has 8 heterocycles. The summed E-state index contributed by atoms with van der Waals surface area (Å²) in [6, 6.07) is 58.6. The molecule has 34 heteroatoms. The first-order valence-electron chi connectivity index (χ1n) is 47.1. The Hall–Kier alpha value is -9.96. The first-order valence-corrected chi connectivity index (χ1v) is 50.3. The fourth-order valence-corrected chi connectivity index (χ4v) is 20.7. The summed E-state index contributed by atoms with van der Waals surface area (Å²) in [6.07, 6.45) is 9.54. The summed E-state index contributed by atoms with van der Waals surface area (Å²) >= 11 is 6.80. The predicted molar refractivity (Wildman–Crippen MR) is 536 cm³/mol. The fraction of sp³-hybridized carbons (Fsp3) is 0.440. The van der Waals surface area contributed by atoms with E-state index in [0.717, 1.165) is 217 Å². The lowest BCUT2D eigenvalue weighted by atomic mass is 10.1. The molecule has 0 saturated carbocycles. The van der Waals surface area contributed by atoms with Gasteiger partial charge < -0.3 is 104 Å². The average molecular weight is 1900 g/mol. The zero-order valence-electron chi connectivity index (χ0n) is 76.7. The first-order chi connectivity index (χ1) is 65.4. The normalized spacial score (nSPS) is 16.6. The molecule has 8 aromatic carbocycles. The second-order valence-electron chi connectivity index (χ2n) is 33.8. The highest BCUT2D eigenvalue weighted by Crippen LogP contribution is 2.46. The van der Waals surface area contributed by atoms with E-state index in [9.17, 15) is 29.4 Å². The van der Waals surface area contributed by atoms with Crippen molar-refractivity contribution in [3.05, 3.63) is 204 Å². The molecule has 8 aromatic rings. The second-order valence-corrected chi connectivity index (χ2v) is 38.1. The molecular formula is C100H132N20O10S4. The summed E-state index contributed by atoms with van der Waals surface area (Å²) in [5.41, 5.74) is 54.2. The number of ether oxygens (including phenoxy) is 4. The number of carbonyl (C=O) groups excluding carboxylic acids is 4. The third-order valence-corrected chi connectivity index (χ3v) is 28.7. The van der Waals surface area contributed by atoms with Crippen molar-refractivity contribution in [3.8, 4) is 11.5 Å². The van der Waals surface area contributed by atoms with E-state index < -0.39 is 24.2 Å². The molecule has 16 rings (SSSR count). The number of aromatic hydroxyl groups is 2. The molecular weight excluding hydrogens is 1770 g/mol. The summed E-state index contributed by atoms with van der Waals surface area (Å²) in [6.45, 7) is 19.3. The number of benzene rings is 8. The van der Waals surface area contributed by atoms with E-state index in [1.807, 2.05) is 58.3 Å². The first kappa shape index (κ1) is 101. The van der Waals surface area contributed by atoms with Gasteiger partial charge in [-0.1, -0.05) is 170 Å². The molecule has 8 aliphatic rings. The summed E-state index contributed by atoms with van der Waals surface area (Å²) in [7, 11) is 0. The minimum Gasteiger partial charge on any atom is -0.508 e. The van der Waals surface area contributed by atoms with Gasteiger partial charge in [-0.05, 0) is 162 Å². The number of nitrogens with zero attached hydrogens (tertiary/aromatic N) is 12. The Bertz CT molecular complexity index is 5280. The smallest absolute Gasteiger partial charge is 0.322 e. The van der Waals surface area contributed by atoms with E-state index in [-0.39, 0.29) is 48.5 Å². The van der Waals surface area contributed by atoms with Crippen LogP contribution in [-0.4, -0.2) is 304 Å². The Labute approximate surface area is 804 Å². The van der Waals surface area contributed by atoms with Crippen LogP contribution in [0.3, 0.4) is 0 Å². The third-order valence-electron chi connectivity index (χ3n) is 24.2. The Kier molecular flexibility index (Phi) is 40.1. The summed E-state index contributed by atoms with van der Waals surface area (Å²) in [5, 5.41) is 19.9. The molecule has 30 nitrogen and oxygen atoms in total. The van der Waals surface area contributed by atoms with Crippen LogP contribution in [0.1, 0.15) is 99.3 Å². The van der Waals surface area contributed by atoms with Gasteiger partial charge in [-0.2, -0.15) is 0 Å². The van der Waals surface area contributed by atoms with Gasteiger partial charge in [-0.15, -0.1) is 0 Å². The number of rotatable bonds is 32. The number of hydrogen-bond acceptors (Lipinski definition) is 32. The summed E-state index contributed by atoms with van der Waals surface area (Å²) < 4.78 is 21.8. The van der Waals surface area contributed by atoms with Crippen molar-refractivity contribution in [2.24, 2.45) is 65.8 Å². The maximum absolute atomic E-state index is 12.7. The molecule has 0 aromatic heterocycles. The van der Waals surface area contributed by atoms with Gasteiger partial charge in [0, 0.05) is 179 Å². The van der Waals surface area contributed by atoms with Crippen LogP contribution in [0.2, 0.25) is 0 Å². The number of hydrogen-bond donors (Lipinski definition) is 10. The maximum atomic E-state index is 12.7. The number of aliphatic imine (C=N–C) groups is 4. The van der Waals surface area contributed by atoms with E-state index in [0.29, 0.717) is 118 Å². The minimum atomic E-state index is -0.591. The molecule has 134 heavy (non-hydrogen) atoms. The molecule has 0 aliphatic carbocycles. The van der Waals surface area contributed by atoms with Crippen molar-refractivity contribution in [1.29, 1.82) is 0 Å². The Morgan fingerprint density at radius 1 is 0.306 bits per heavy atom. The zero-order chi connectivity index (χ0) is 93.9. The summed E-state index contributed by atoms with van der Waals surface area (Å²) in [5.74, 6) is 3.75. The number of carbonyl (C=O) groups is 4. The fourth-order valence-electron chi connectivity index (χ4n) is 16.6. The van der Waals surface area contributed by atoms with Crippen LogP contribution in [-0.2, 0) is 38.1 Å². The number of fused-ring (bicyclic) bond motifs is 8. The molecule has 4 fully saturated rings. The number of unbranched alkanes of at least 4 members (excludes halogenated alkanes) is 4. The molecule has 4 saturated heterocycles. The lowest BCUT2D eigenvalue weighted by molar-refractivity contribution is -0.147. The van der Waals surface area contributed by atoms with Crippen molar-refractivity contribution in [1.82, 2.24) is 39.2 Å². The van der Waals surface area contributed by atoms with Crippen molar-refractivity contribution in [2.45, 2.75) is 140 Å². The van der Waals surface area contributed by atoms with Crippen molar-refractivity contribution < 1.29 is 48.3 Å². The van der Waals surface area contributed by atoms with Crippen molar-refractivity contribution in [2.75, 3.05) is 184 Å². The van der Waals surface area contributed by atoms with Crippen LogP contribution in [0.25, 0.3) is 0 Å². The number of esters is 2. The minimum absolute atomic E-state index is 0.0243. The van der Waals surface area contributed by atoms with Gasteiger partial charge in [-0.25, -0.2) is 20.0 Å². The monoisotopic (exact) mass is 1900 g/mol. The Morgan fingerprint density at radius 3 is 0.888 bits per heavy atom. The van der Waals surface area contributed by atoms with Crippen molar-refractivity contribution >= 4 is 117 Å². The highest BCUT2D eigenvalue weighted by atomic mass is 32.2. The molecule has 18 N–H and O–H groups in total. The largest absolute Gasteiger partial charge is 0.508 e. The SMILES string of the molecule is NCCCCC(N)C(=O)N1CCN(C2=Nc3ccc(O)cc3Sc3ccccc32)CC1.NCCCCC(N)C(=O)N1CCN(C2=Nc3ccccc3Sc3ccccc32)CC1.NCCCCC(N)C(=O)OCCOCCN1CCN(C2=Nc3ccc(O)cc3Sc3ccccc32)CC1.NCCCCC(N)C(=O)OCCOCCN1CCN(C2=Nc3ccccc3Sc3ccccc32)CC1. The lowest BCUT2D eigenvalue weighted by Gasteiger charge is -2.37. The van der Waals surface area contributed by atoms with Gasteiger partial charge in [0.2, 0.25) is 11.8 Å². The van der Waals surface area contributed by atoms with Crippen LogP contribution in [0, 0.1) is 0 Å². The van der Waals surface area contributed by atoms with E-state index >= 15 is 0 Å². The Morgan fingerprint density at radius 2 is 0.575 bits per heavy atom. The van der Waals surface area contributed by atoms with Crippen LogP contribution in [0.5, 0.6) is 11.5 Å². The molecule has 0 bridgehead atoms. The van der Waals surface area contributed by atoms with Gasteiger partial charge in [0.05, 0.1) is 61.3 Å². The molecule has 0 radical (unpaired) electrons. The quantitative estimate of drug-likeness (QED) is 0.0138. The third kappa shape index (κ3) is 29.1. The number of phenols is 2. The van der Waals surface area contributed by atoms with Gasteiger partial charge >= 0.3 is 11.9 Å². The molecule has 2 amide bonds. The topological polar surface area (TPSA) is 429 Å². The van der Waals surface area contributed by atoms with Crippen LogP contribution in [0.4, 0.5) is 22.7 Å². The van der Waals surface area contributed by atoms with E-state index in [2.05, 4.69) is 139 Å². The number of phenolic OH excluding ortho intramolecular Hbond substituents is 2. The number of nitrogens with two attached hydrogens (primary N) is 8. The van der Waals surface area contributed by atoms with Gasteiger partial charge in [0.25, 0.3) is 0 Å². The van der Waals surface area contributed by atoms with E-state index in [1.165, 1.54) is 20.2 Å². The molecule has 4 unspecified atom stereocenters. The molecule has 716 valence electrons. The highest BCUT2D eigenvalue weighted by Gasteiger charge is 2.34. The van der Waals surface area contributed by atoms with Gasteiger partial charge in [0.15, 0.2) is 0 Å². The average Bonchev–Trinajstić information content (AvgIpc) is 1.64. The highest BCUT2D eigenvalue weighted by molar-refractivity contribution is 8.00. The summed E-state index contributed by atoms with van der Waals surface area (Å²) in [4.78, 5) is 96.1. The standard InChI is InChI=1S/C27H37N5O4S.C27H37N5O3S.C23H29N5O2S.C23H29N5OS/c28-10-4-3-6-22(29)27(34)36-18-17-35-16-15-31-11-13-32(14-12-31)26-21-5-1-2-7-24(21)37-25-19-20(33)8-9-23(25)30-26;28-12-6-5-8-22(29)27(33)35-20-19-34-18-17-31-13-15-32(16-14-31)26-21-7-1-3-10-24(21)36-25-11-4-2-9-23(25)30-26;24-10-4-3-6-18(25)23(30)28-13-11-27(12-14-28)22-17-5-1-2-7-20(17)31-21-15-16(29)8-9-19(21)26-22;24-12-6-5-8-18(25)23(29)28-15-13-27(14-16-28)22-17-7-1-3-10-20(17)30-21-11-4-2-9-19(21)26-22/h1-2,5,7-9,19,22,33H,3-4,6,10-18,28-29H2;1-4,7,9-11,22H,5-6,8,12-20,28-29H2;1-2,5,7-9,15,18,29H,3-4,6,10-14,24-25H2;1-4,7,9-11,18H,5-6,8,12-16,24-25H2. The Balaban J connectivity index is 0.000000152. The van der Waals surface area contributed by atoms with Crippen molar-refractivity contribution in [3.63, 3.8) is 0 Å². The second kappa shape index (κ2) is 52.9. The van der Waals surface area contributed by atoms with E-state index in [4.69, 9.17) is 84.8 Å².